The van der Waals surface area contributed by atoms with E-state index >= 15 is 0 Å². The molecule has 0 radical (unpaired) electrons. The van der Waals surface area contributed by atoms with Crippen molar-refractivity contribution in [2.24, 2.45) is 0 Å². The van der Waals surface area contributed by atoms with Gasteiger partial charge in [0.05, 0.1) is 0 Å². The Labute approximate surface area is 384 Å². The van der Waals surface area contributed by atoms with E-state index < -0.39 is 0 Å². The summed E-state index contributed by atoms with van der Waals surface area (Å²) in [5.74, 6) is 0. The first-order valence-corrected chi connectivity index (χ1v) is 25.3. The lowest BCUT2D eigenvalue weighted by molar-refractivity contribution is -0.527. The van der Waals surface area contributed by atoms with Crippen LogP contribution < -0.4 is 19.3 Å². The van der Waals surface area contributed by atoms with Gasteiger partial charge in [0, 0.05) is 116 Å². The van der Waals surface area contributed by atoms with Gasteiger partial charge in [-0.05, 0) is 105 Å². The molecule has 0 saturated heterocycles. The second-order valence-corrected chi connectivity index (χ2v) is 17.6. The Morgan fingerprint density at radius 1 is 0.349 bits per heavy atom. The molecule has 4 aromatic carbocycles. The molecule has 0 heterocycles. The minimum absolute atomic E-state index is 1.10. The molecule has 1 aliphatic rings. The SMILES string of the molecule is CCCCc1ccc([N+](=C2C=CC(=[N+](CCCC)CCCC)C=C2)c2ccc(N(c3ccc(N(CCCC)CCCC)cc3)c3ccc(N(CCCC)CCCC)cc3)cc2)cc1. The molecule has 0 bridgehead atoms. The van der Waals surface area contributed by atoms with Gasteiger partial charge in [0.15, 0.2) is 5.71 Å². The summed E-state index contributed by atoms with van der Waals surface area (Å²) < 4.78 is 5.00. The van der Waals surface area contributed by atoms with Crippen LogP contribution in [0.5, 0.6) is 0 Å². The number of hydrogen-bond donors (Lipinski definition) is 0. The van der Waals surface area contributed by atoms with Crippen molar-refractivity contribution in [3.63, 3.8) is 0 Å². The van der Waals surface area contributed by atoms with Crippen LogP contribution in [0.4, 0.5) is 39.8 Å². The summed E-state index contributed by atoms with van der Waals surface area (Å²) in [5, 5.41) is 0. The Kier molecular flexibility index (Phi) is 21.3. The van der Waals surface area contributed by atoms with E-state index in [9.17, 15) is 0 Å². The first-order valence-electron chi connectivity index (χ1n) is 25.3. The van der Waals surface area contributed by atoms with E-state index in [4.69, 9.17) is 0 Å². The molecule has 0 aromatic heterocycles. The summed E-state index contributed by atoms with van der Waals surface area (Å²) in [5.41, 5.74) is 12.3. The Bertz CT molecular complexity index is 1910. The van der Waals surface area contributed by atoms with E-state index in [1.165, 1.54) is 135 Å². The van der Waals surface area contributed by atoms with Gasteiger partial charge in [-0.3, -0.25) is 0 Å². The fourth-order valence-corrected chi connectivity index (χ4v) is 8.48. The highest BCUT2D eigenvalue weighted by molar-refractivity contribution is 6.18. The van der Waals surface area contributed by atoms with E-state index in [0.717, 1.165) is 57.1 Å². The zero-order valence-electron chi connectivity index (χ0n) is 40.6. The van der Waals surface area contributed by atoms with Crippen molar-refractivity contribution in [3.05, 3.63) is 127 Å². The van der Waals surface area contributed by atoms with Crippen molar-refractivity contribution in [2.45, 2.75) is 145 Å². The topological polar surface area (TPSA) is 15.7 Å². The second-order valence-electron chi connectivity index (χ2n) is 17.6. The zero-order valence-corrected chi connectivity index (χ0v) is 40.6. The summed E-state index contributed by atoms with van der Waals surface area (Å²) in [7, 11) is 0. The molecule has 5 heteroatoms. The third-order valence-corrected chi connectivity index (χ3v) is 12.5. The molecule has 1 aliphatic carbocycles. The highest BCUT2D eigenvalue weighted by Gasteiger charge is 2.23. The number of benzene rings is 4. The van der Waals surface area contributed by atoms with Crippen LogP contribution >= 0.6 is 0 Å². The normalized spacial score (nSPS) is 12.2. The monoisotopic (exact) mass is 850 g/mol. The minimum Gasteiger partial charge on any atom is -0.372 e. The number of allylic oxidation sites excluding steroid dienone is 4. The number of rotatable bonds is 28. The number of hydrogen-bond acceptors (Lipinski definition) is 3. The van der Waals surface area contributed by atoms with Gasteiger partial charge < -0.3 is 14.7 Å². The highest BCUT2D eigenvalue weighted by atomic mass is 15.2. The lowest BCUT2D eigenvalue weighted by Gasteiger charge is -2.29. The average molecular weight is 850 g/mol. The van der Waals surface area contributed by atoms with Crippen LogP contribution in [-0.2, 0) is 6.42 Å². The van der Waals surface area contributed by atoms with Crippen molar-refractivity contribution in [3.8, 4) is 0 Å². The maximum Gasteiger partial charge on any atom is 0.212 e. The van der Waals surface area contributed by atoms with Crippen molar-refractivity contribution in [1.29, 1.82) is 0 Å². The number of nitrogens with zero attached hydrogens (tertiary/aromatic N) is 5. The molecule has 0 atom stereocenters. The molecule has 0 fully saturated rings. The molecule has 338 valence electrons. The third-order valence-electron chi connectivity index (χ3n) is 12.5. The van der Waals surface area contributed by atoms with Crippen molar-refractivity contribution in [1.82, 2.24) is 4.58 Å². The molecule has 0 aliphatic heterocycles. The van der Waals surface area contributed by atoms with E-state index in [1.54, 1.807) is 0 Å². The molecule has 0 spiro atoms. The summed E-state index contributed by atoms with van der Waals surface area (Å²) in [4.78, 5) is 7.60. The summed E-state index contributed by atoms with van der Waals surface area (Å²) in [6.45, 7) is 22.6. The molecule has 0 saturated carbocycles. The minimum atomic E-state index is 1.10. The zero-order chi connectivity index (χ0) is 44.7. The van der Waals surface area contributed by atoms with Crippen LogP contribution in [0.25, 0.3) is 0 Å². The molecule has 5 rings (SSSR count). The van der Waals surface area contributed by atoms with Gasteiger partial charge in [-0.25, -0.2) is 4.58 Å². The average Bonchev–Trinajstić information content (AvgIpc) is 3.33. The van der Waals surface area contributed by atoms with Gasteiger partial charge in [-0.15, -0.1) is 0 Å². The van der Waals surface area contributed by atoms with Gasteiger partial charge in [0.25, 0.3) is 0 Å². The fourth-order valence-electron chi connectivity index (χ4n) is 8.48. The molecular weight excluding hydrogens is 767 g/mol. The van der Waals surface area contributed by atoms with Crippen molar-refractivity contribution >= 4 is 51.2 Å². The van der Waals surface area contributed by atoms with Gasteiger partial charge in [-0.2, -0.15) is 4.58 Å². The molecule has 63 heavy (non-hydrogen) atoms. The lowest BCUT2D eigenvalue weighted by atomic mass is 10.1. The van der Waals surface area contributed by atoms with Crippen molar-refractivity contribution in [2.75, 3.05) is 54.0 Å². The predicted octanol–water partition coefficient (Wildman–Crippen LogP) is 15.8. The number of unbranched alkanes of at least 4 members (excludes halogenated alkanes) is 7. The van der Waals surface area contributed by atoms with Crippen LogP contribution in [0.15, 0.2) is 121 Å². The van der Waals surface area contributed by atoms with Crippen LogP contribution in [0.1, 0.15) is 144 Å². The number of aryl methyl sites for hydroxylation is 1. The molecule has 5 nitrogen and oxygen atoms in total. The Balaban J connectivity index is 1.58. The van der Waals surface area contributed by atoms with E-state index in [0.29, 0.717) is 0 Å². The van der Waals surface area contributed by atoms with Gasteiger partial charge in [0.1, 0.15) is 13.1 Å². The van der Waals surface area contributed by atoms with E-state index in [2.05, 4.69) is 194 Å². The molecule has 0 N–H and O–H groups in total. The van der Waals surface area contributed by atoms with Gasteiger partial charge >= 0.3 is 0 Å². The van der Waals surface area contributed by atoms with Gasteiger partial charge in [0.2, 0.25) is 17.1 Å². The third kappa shape index (κ3) is 14.6. The fraction of sp³-hybridized carbons (Fsp3) is 0.483. The maximum atomic E-state index is 2.58. The van der Waals surface area contributed by atoms with Crippen LogP contribution in [0.3, 0.4) is 0 Å². The van der Waals surface area contributed by atoms with Crippen LogP contribution in [0, 0.1) is 0 Å². The quantitative estimate of drug-likeness (QED) is 0.0418. The highest BCUT2D eigenvalue weighted by Crippen LogP contribution is 2.38. The van der Waals surface area contributed by atoms with E-state index in [1.807, 2.05) is 0 Å². The maximum absolute atomic E-state index is 2.58. The largest absolute Gasteiger partial charge is 0.372 e. The molecule has 0 amide bonds. The Morgan fingerprint density at radius 3 is 1.06 bits per heavy atom. The molecular formula is C58H83N5+2. The number of anilines is 5. The van der Waals surface area contributed by atoms with Crippen LogP contribution in [-0.4, -0.2) is 55.3 Å². The molecule has 4 aromatic rings. The summed E-state index contributed by atoms with van der Waals surface area (Å²) in [6.07, 6.45) is 27.4. The van der Waals surface area contributed by atoms with E-state index in [-0.39, 0.29) is 0 Å². The molecule has 0 unspecified atom stereocenters. The summed E-state index contributed by atoms with van der Waals surface area (Å²) in [6, 6.07) is 37.2. The smallest absolute Gasteiger partial charge is 0.212 e. The first-order chi connectivity index (χ1) is 31.0. The predicted molar refractivity (Wildman–Crippen MR) is 280 cm³/mol. The summed E-state index contributed by atoms with van der Waals surface area (Å²) >= 11 is 0. The lowest BCUT2D eigenvalue weighted by Crippen LogP contribution is -2.25. The van der Waals surface area contributed by atoms with Crippen LogP contribution in [0.2, 0.25) is 0 Å². The standard InChI is InChI=1S/C58H83N5/c1-8-15-22-49-23-25-53(26-24-49)62(54-33-27-50(28-34-54)59(43-16-9-2)44-17-10-3)57-39-41-58(42-40-57)63(55-35-29-51(30-36-55)60(45-18-11-4)46-19-12-5)56-37-31-52(32-38-56)61(47-20-13-6)48-21-14-7/h23-42H,8-22,43-48H2,1-7H3/q+2. The first kappa shape index (κ1) is 49.1. The van der Waals surface area contributed by atoms with Gasteiger partial charge in [-0.1, -0.05) is 106 Å². The Hall–Kier alpha value is -4.90. The Morgan fingerprint density at radius 2 is 0.683 bits per heavy atom. The van der Waals surface area contributed by atoms with Crippen molar-refractivity contribution < 1.29 is 4.58 Å². The second kappa shape index (κ2) is 27.3.